The van der Waals surface area contributed by atoms with Crippen LogP contribution in [-0.4, -0.2) is 96.0 Å². The minimum absolute atomic E-state index is 0.167. The number of carbonyl (C=O) groups excluding carboxylic acids is 2. The first-order chi connectivity index (χ1) is 25.0. The molecule has 2 unspecified atom stereocenters. The zero-order valence-corrected chi connectivity index (χ0v) is 33.0. The van der Waals surface area contributed by atoms with Gasteiger partial charge < -0.3 is 34.3 Å². The van der Waals surface area contributed by atoms with Crippen molar-refractivity contribution in [3.05, 3.63) is 12.2 Å². The molecule has 1 aliphatic rings. The monoisotopic (exact) mass is 764 g/mol. The Morgan fingerprint density at radius 1 is 0.635 bits per heavy atom. The summed E-state index contributed by atoms with van der Waals surface area (Å²) in [6.07, 6.45) is 19.8. The molecule has 0 aliphatic carbocycles. The minimum Gasteiger partial charge on any atom is -0.462 e. The summed E-state index contributed by atoms with van der Waals surface area (Å²) >= 11 is 0. The topological polar surface area (TPSA) is 186 Å². The van der Waals surface area contributed by atoms with Crippen LogP contribution in [0.2, 0.25) is 0 Å². The van der Waals surface area contributed by atoms with E-state index in [-0.39, 0.29) is 19.4 Å². The van der Waals surface area contributed by atoms with Gasteiger partial charge in [0.05, 0.1) is 6.61 Å². The zero-order chi connectivity index (χ0) is 38.5. The molecular formula is C39H72O12S. The molecule has 12 nitrogen and oxygen atoms in total. The van der Waals surface area contributed by atoms with Gasteiger partial charge >= 0.3 is 11.9 Å². The molecule has 1 saturated heterocycles. The first-order valence-corrected chi connectivity index (χ1v) is 21.9. The molecule has 306 valence electrons. The third-order valence-electron chi connectivity index (χ3n) is 9.35. The molecule has 4 N–H and O–H groups in total. The maximum atomic E-state index is 12.7. The summed E-state index contributed by atoms with van der Waals surface area (Å²) in [4.78, 5) is 25.2. The number of hydrogen-bond donors (Lipinski definition) is 4. The van der Waals surface area contributed by atoms with Crippen LogP contribution in [0.3, 0.4) is 0 Å². The maximum absolute atomic E-state index is 12.7. The second-order valence-electron chi connectivity index (χ2n) is 14.3. The number of esters is 2. The normalized spacial score (nSPS) is 21.4. The summed E-state index contributed by atoms with van der Waals surface area (Å²) in [5.74, 6) is -1.99. The van der Waals surface area contributed by atoms with E-state index in [1.807, 2.05) is 0 Å². The van der Waals surface area contributed by atoms with Crippen molar-refractivity contribution in [1.29, 1.82) is 0 Å². The lowest BCUT2D eigenvalue weighted by molar-refractivity contribution is -0.297. The van der Waals surface area contributed by atoms with Crippen LogP contribution in [0.5, 0.6) is 0 Å². The van der Waals surface area contributed by atoms with Gasteiger partial charge in [0.25, 0.3) is 10.1 Å². The molecule has 0 amide bonds. The van der Waals surface area contributed by atoms with E-state index in [1.54, 1.807) is 0 Å². The number of ether oxygens (including phenoxy) is 4. The molecule has 1 heterocycles. The Morgan fingerprint density at radius 2 is 1.12 bits per heavy atom. The van der Waals surface area contributed by atoms with Gasteiger partial charge in [-0.2, -0.15) is 8.42 Å². The van der Waals surface area contributed by atoms with Crippen molar-refractivity contribution in [2.45, 2.75) is 205 Å². The molecule has 0 bridgehead atoms. The molecule has 6 atom stereocenters. The third kappa shape index (κ3) is 25.4. The van der Waals surface area contributed by atoms with Gasteiger partial charge in [-0.05, 0) is 32.1 Å². The van der Waals surface area contributed by atoms with Gasteiger partial charge in [-0.15, -0.1) is 0 Å². The fraction of sp³-hybridized carbons (Fsp3) is 0.897. The molecule has 1 aliphatic heterocycles. The summed E-state index contributed by atoms with van der Waals surface area (Å²) in [5, 5.41) is 30.7. The van der Waals surface area contributed by atoms with Crippen molar-refractivity contribution in [2.75, 3.05) is 19.0 Å². The van der Waals surface area contributed by atoms with E-state index in [0.717, 1.165) is 57.8 Å². The van der Waals surface area contributed by atoms with Crippen LogP contribution in [0.25, 0.3) is 0 Å². The molecule has 13 heteroatoms. The molecule has 0 aromatic rings. The minimum atomic E-state index is -4.59. The Hall–Kier alpha value is -1.61. The standard InChI is InChI=1S/C39H72O12S/c1-3-5-7-9-11-13-15-16-18-20-22-24-26-28-35(41)50-32(29-48-34(40)27-25-23-21-19-17-14-12-10-8-6-4-2)30-49-39-38(44)37(43)36(42)33(51-39)31-52(45,46)47/h10,12,32-33,36-39,42-44H,3-9,11,13-31H2,1-2H3,(H,45,46,47)/b12-10+/t32-,33-,36-,37?,38?,39+/m1/s1. The Kier molecular flexibility index (Phi) is 28.6. The second kappa shape index (κ2) is 30.7. The Balaban J connectivity index is 2.51. The fourth-order valence-electron chi connectivity index (χ4n) is 6.13. The zero-order valence-electron chi connectivity index (χ0n) is 32.2. The van der Waals surface area contributed by atoms with Crippen LogP contribution in [0.15, 0.2) is 12.2 Å². The summed E-state index contributed by atoms with van der Waals surface area (Å²) in [6, 6.07) is 0. The lowest BCUT2D eigenvalue weighted by Crippen LogP contribution is -2.60. The Labute approximate surface area is 314 Å². The van der Waals surface area contributed by atoms with Gasteiger partial charge in [0.15, 0.2) is 12.4 Å². The van der Waals surface area contributed by atoms with Gasteiger partial charge in [0.1, 0.15) is 36.8 Å². The maximum Gasteiger partial charge on any atom is 0.306 e. The van der Waals surface area contributed by atoms with Gasteiger partial charge in [0, 0.05) is 12.8 Å². The summed E-state index contributed by atoms with van der Waals surface area (Å²) in [7, 11) is -4.59. The average molecular weight is 765 g/mol. The summed E-state index contributed by atoms with van der Waals surface area (Å²) in [5.41, 5.74) is 0. The molecule has 0 saturated carbocycles. The van der Waals surface area contributed by atoms with Crippen LogP contribution >= 0.6 is 0 Å². The second-order valence-corrected chi connectivity index (χ2v) is 15.8. The van der Waals surface area contributed by atoms with Crippen molar-refractivity contribution in [3.63, 3.8) is 0 Å². The lowest BCUT2D eigenvalue weighted by Gasteiger charge is -2.40. The number of aliphatic hydroxyl groups is 3. The van der Waals surface area contributed by atoms with E-state index < -0.39 is 71.2 Å². The predicted molar refractivity (Wildman–Crippen MR) is 201 cm³/mol. The highest BCUT2D eigenvalue weighted by Gasteiger charge is 2.46. The number of unbranched alkanes of at least 4 members (excludes halogenated alkanes) is 19. The highest BCUT2D eigenvalue weighted by molar-refractivity contribution is 7.85. The first-order valence-electron chi connectivity index (χ1n) is 20.2. The fourth-order valence-corrected chi connectivity index (χ4v) is 6.82. The number of carbonyl (C=O) groups is 2. The Bertz CT molecular complexity index is 1040. The van der Waals surface area contributed by atoms with E-state index in [9.17, 15) is 37.9 Å². The van der Waals surface area contributed by atoms with Gasteiger partial charge in [-0.25, -0.2) is 0 Å². The van der Waals surface area contributed by atoms with Crippen molar-refractivity contribution in [1.82, 2.24) is 0 Å². The summed E-state index contributed by atoms with van der Waals surface area (Å²) in [6.45, 7) is 3.69. The smallest absolute Gasteiger partial charge is 0.306 e. The van der Waals surface area contributed by atoms with Crippen LogP contribution in [0, 0.1) is 0 Å². The molecule has 0 aromatic heterocycles. The van der Waals surface area contributed by atoms with E-state index in [4.69, 9.17) is 18.9 Å². The van der Waals surface area contributed by atoms with Gasteiger partial charge in [-0.3, -0.25) is 14.1 Å². The molecule has 52 heavy (non-hydrogen) atoms. The molecule has 0 aromatic carbocycles. The average Bonchev–Trinajstić information content (AvgIpc) is 3.10. The predicted octanol–water partition coefficient (Wildman–Crippen LogP) is 7.11. The van der Waals surface area contributed by atoms with Crippen molar-refractivity contribution in [3.8, 4) is 0 Å². The molecule has 0 spiro atoms. The number of rotatable bonds is 33. The van der Waals surface area contributed by atoms with E-state index >= 15 is 0 Å². The highest BCUT2D eigenvalue weighted by Crippen LogP contribution is 2.24. The molecule has 0 radical (unpaired) electrons. The van der Waals surface area contributed by atoms with Gasteiger partial charge in [0.2, 0.25) is 0 Å². The van der Waals surface area contributed by atoms with Crippen LogP contribution in [-0.2, 0) is 38.7 Å². The molecular weight excluding hydrogens is 692 g/mol. The SMILES string of the molecule is CCCC/C=C/CCCCCCCC(=O)OC[C@H](CO[C@H]1O[C@H](CS(=O)(=O)O)[C@@H](O)C(O)C1O)OC(=O)CCCCCCCCCCCCCCC. The van der Waals surface area contributed by atoms with Crippen molar-refractivity contribution >= 4 is 22.1 Å². The number of aliphatic hydroxyl groups excluding tert-OH is 3. The van der Waals surface area contributed by atoms with Crippen LogP contribution in [0.4, 0.5) is 0 Å². The quantitative estimate of drug-likeness (QED) is 0.0230. The van der Waals surface area contributed by atoms with Gasteiger partial charge in [-0.1, -0.05) is 135 Å². The third-order valence-corrected chi connectivity index (χ3v) is 10.1. The highest BCUT2D eigenvalue weighted by atomic mass is 32.2. The van der Waals surface area contributed by atoms with E-state index in [1.165, 1.54) is 70.6 Å². The van der Waals surface area contributed by atoms with E-state index in [2.05, 4.69) is 26.0 Å². The van der Waals surface area contributed by atoms with Crippen LogP contribution < -0.4 is 0 Å². The molecule has 1 fully saturated rings. The number of allylic oxidation sites excluding steroid dienone is 2. The molecule has 1 rings (SSSR count). The largest absolute Gasteiger partial charge is 0.462 e. The Morgan fingerprint density at radius 3 is 1.65 bits per heavy atom. The first kappa shape index (κ1) is 48.4. The summed E-state index contributed by atoms with van der Waals surface area (Å²) < 4.78 is 53.8. The van der Waals surface area contributed by atoms with Crippen LogP contribution in [0.1, 0.15) is 168 Å². The number of hydrogen-bond acceptors (Lipinski definition) is 11. The van der Waals surface area contributed by atoms with Crippen molar-refractivity contribution in [2.24, 2.45) is 0 Å². The van der Waals surface area contributed by atoms with E-state index in [0.29, 0.717) is 12.8 Å². The van der Waals surface area contributed by atoms with Crippen molar-refractivity contribution < 1.29 is 56.8 Å². The lowest BCUT2D eigenvalue weighted by atomic mass is 10.00.